The molecule has 0 bridgehead atoms. The number of nitrogens with one attached hydrogen (secondary N) is 1. The lowest BCUT2D eigenvalue weighted by molar-refractivity contribution is -0.129. The topological polar surface area (TPSA) is 101 Å². The number of rotatable bonds is 7. The van der Waals surface area contributed by atoms with Crippen LogP contribution in [-0.4, -0.2) is 65.2 Å². The second kappa shape index (κ2) is 13.5. The van der Waals surface area contributed by atoms with Crippen molar-refractivity contribution >= 4 is 23.6 Å². The van der Waals surface area contributed by atoms with E-state index < -0.39 is 23.8 Å². The molecule has 4 rings (SSSR count). The number of anilines is 1. The molecule has 3 amide bonds. The number of carbonyl (C=O) groups is 3. The van der Waals surface area contributed by atoms with Crippen molar-refractivity contribution in [2.45, 2.75) is 115 Å². The molecular formula is C34H48N4O5. The highest BCUT2D eigenvalue weighted by Crippen LogP contribution is 2.34. The van der Waals surface area contributed by atoms with Gasteiger partial charge in [0.1, 0.15) is 17.7 Å². The summed E-state index contributed by atoms with van der Waals surface area (Å²) < 4.78 is 11.3. The van der Waals surface area contributed by atoms with E-state index in [1.807, 2.05) is 30.3 Å². The Kier molecular flexibility index (Phi) is 10.2. The van der Waals surface area contributed by atoms with E-state index in [0.29, 0.717) is 11.3 Å². The molecule has 1 saturated carbocycles. The molecule has 2 aliphatic rings. The van der Waals surface area contributed by atoms with Crippen LogP contribution in [0, 0.1) is 0 Å². The number of methoxy groups -OCH3 is 1. The fourth-order valence-corrected chi connectivity index (χ4v) is 5.89. The first kappa shape index (κ1) is 32.5. The van der Waals surface area contributed by atoms with E-state index in [-0.39, 0.29) is 42.3 Å². The molecule has 43 heavy (non-hydrogen) atoms. The Morgan fingerprint density at radius 3 is 2.23 bits per heavy atom. The van der Waals surface area contributed by atoms with E-state index in [4.69, 9.17) is 9.47 Å². The van der Waals surface area contributed by atoms with Gasteiger partial charge >= 0.3 is 6.09 Å². The van der Waals surface area contributed by atoms with Gasteiger partial charge in [0.05, 0.1) is 12.6 Å². The van der Waals surface area contributed by atoms with E-state index in [2.05, 4.69) is 31.1 Å². The monoisotopic (exact) mass is 592 g/mol. The Bertz CT molecular complexity index is 1250. The lowest BCUT2D eigenvalue weighted by Crippen LogP contribution is -2.53. The molecule has 3 unspecified atom stereocenters. The molecule has 2 fully saturated rings. The molecule has 1 N–H and O–H groups in total. The number of pyridine rings is 1. The second-order valence-corrected chi connectivity index (χ2v) is 13.8. The molecule has 0 radical (unpaired) electrons. The summed E-state index contributed by atoms with van der Waals surface area (Å²) in [4.78, 5) is 49.7. The van der Waals surface area contributed by atoms with Crippen LogP contribution in [0.4, 0.5) is 10.5 Å². The van der Waals surface area contributed by atoms with Gasteiger partial charge in [0.25, 0.3) is 5.91 Å². The Hall–Kier alpha value is -3.46. The van der Waals surface area contributed by atoms with Gasteiger partial charge in [-0.3, -0.25) is 24.4 Å². The van der Waals surface area contributed by atoms with Crippen molar-refractivity contribution in [3.63, 3.8) is 0 Å². The maximum atomic E-state index is 14.8. The van der Waals surface area contributed by atoms with Crippen molar-refractivity contribution in [2.24, 2.45) is 0 Å². The van der Waals surface area contributed by atoms with Gasteiger partial charge in [0, 0.05) is 43.2 Å². The second-order valence-electron chi connectivity index (χ2n) is 13.8. The largest absolute Gasteiger partial charge is 0.444 e. The molecule has 1 aliphatic carbocycles. The van der Waals surface area contributed by atoms with Gasteiger partial charge in [-0.1, -0.05) is 58.2 Å². The molecule has 1 aliphatic heterocycles. The SMILES string of the molecule is COC1CC(C(=O)N(c2ccc(C(C)(C)C)cc2)C(C(=O)NC2CCCCC2)c2cccnc2)N(C(=O)OC(C)(C)C)C1. The third-order valence-corrected chi connectivity index (χ3v) is 8.22. The van der Waals surface area contributed by atoms with Crippen LogP contribution in [0.2, 0.25) is 0 Å². The Balaban J connectivity index is 1.80. The average Bonchev–Trinajstić information content (AvgIpc) is 3.40. The van der Waals surface area contributed by atoms with Crippen molar-refractivity contribution in [3.05, 3.63) is 59.9 Å². The summed E-state index contributed by atoms with van der Waals surface area (Å²) in [5.74, 6) is -0.639. The summed E-state index contributed by atoms with van der Waals surface area (Å²) in [6.45, 7) is 12.0. The normalized spacial score (nSPS) is 20.4. The molecule has 1 aromatic heterocycles. The van der Waals surface area contributed by atoms with Gasteiger partial charge in [0.15, 0.2) is 0 Å². The van der Waals surface area contributed by atoms with Crippen molar-refractivity contribution in [2.75, 3.05) is 18.6 Å². The first-order valence-corrected chi connectivity index (χ1v) is 15.4. The minimum atomic E-state index is -0.995. The number of likely N-dealkylation sites (tertiary alicyclic amines) is 1. The Labute approximate surface area is 256 Å². The first-order valence-electron chi connectivity index (χ1n) is 15.4. The standard InChI is InChI=1S/C34H48N4O5/c1-33(2,3)24-15-17-26(18-16-24)38(31(40)28-20-27(42-7)22-37(28)32(41)43-34(4,5)6)29(23-12-11-19-35-21-23)30(39)36-25-13-9-8-10-14-25/h11-12,15-19,21,25,27-29H,8-10,13-14,20,22H2,1-7H3,(H,36,39). The van der Waals surface area contributed by atoms with Crippen LogP contribution in [0.1, 0.15) is 97.2 Å². The smallest absolute Gasteiger partial charge is 0.411 e. The molecule has 0 spiro atoms. The number of carbonyl (C=O) groups excluding carboxylic acids is 3. The lowest BCUT2D eigenvalue weighted by Gasteiger charge is -2.36. The van der Waals surface area contributed by atoms with Crippen molar-refractivity contribution < 1.29 is 23.9 Å². The summed E-state index contributed by atoms with van der Waals surface area (Å²) in [6.07, 6.45) is 7.73. The highest BCUT2D eigenvalue weighted by molar-refractivity contribution is 6.05. The quantitative estimate of drug-likeness (QED) is 0.428. The highest BCUT2D eigenvalue weighted by Gasteiger charge is 2.46. The fourth-order valence-electron chi connectivity index (χ4n) is 5.89. The molecule has 1 aromatic carbocycles. The molecule has 2 heterocycles. The van der Waals surface area contributed by atoms with Gasteiger partial charge in [-0.05, 0) is 62.8 Å². The fraction of sp³-hybridized carbons (Fsp3) is 0.588. The lowest BCUT2D eigenvalue weighted by atomic mass is 9.87. The number of aromatic nitrogens is 1. The average molecular weight is 593 g/mol. The van der Waals surface area contributed by atoms with E-state index in [0.717, 1.165) is 37.7 Å². The maximum Gasteiger partial charge on any atom is 0.411 e. The highest BCUT2D eigenvalue weighted by atomic mass is 16.6. The van der Waals surface area contributed by atoms with Gasteiger partial charge in [0.2, 0.25) is 5.91 Å². The molecule has 9 heteroatoms. The van der Waals surface area contributed by atoms with Crippen LogP contribution in [0.15, 0.2) is 48.8 Å². The van der Waals surface area contributed by atoms with E-state index in [9.17, 15) is 14.4 Å². The van der Waals surface area contributed by atoms with Crippen molar-refractivity contribution in [3.8, 4) is 0 Å². The minimum Gasteiger partial charge on any atom is -0.444 e. The first-order chi connectivity index (χ1) is 20.3. The van der Waals surface area contributed by atoms with Gasteiger partial charge in [-0.2, -0.15) is 0 Å². The zero-order valence-electron chi connectivity index (χ0n) is 26.8. The number of hydrogen-bond acceptors (Lipinski definition) is 6. The Morgan fingerprint density at radius 1 is 1.00 bits per heavy atom. The van der Waals surface area contributed by atoms with Gasteiger partial charge < -0.3 is 14.8 Å². The molecular weight excluding hydrogens is 544 g/mol. The van der Waals surface area contributed by atoms with Crippen LogP contribution in [-0.2, 0) is 24.5 Å². The molecule has 1 saturated heterocycles. The summed E-state index contributed by atoms with van der Waals surface area (Å²) in [6, 6.07) is 9.51. The van der Waals surface area contributed by atoms with Crippen LogP contribution in [0.5, 0.6) is 0 Å². The zero-order chi connectivity index (χ0) is 31.4. The van der Waals surface area contributed by atoms with Crippen molar-refractivity contribution in [1.29, 1.82) is 0 Å². The predicted molar refractivity (Wildman–Crippen MR) is 167 cm³/mol. The van der Waals surface area contributed by atoms with E-state index in [1.54, 1.807) is 51.2 Å². The molecule has 2 aromatic rings. The third kappa shape index (κ3) is 8.13. The number of nitrogens with zero attached hydrogens (tertiary/aromatic N) is 3. The summed E-state index contributed by atoms with van der Waals surface area (Å²) in [5.41, 5.74) is 1.42. The van der Waals surface area contributed by atoms with Crippen LogP contribution in [0.3, 0.4) is 0 Å². The van der Waals surface area contributed by atoms with E-state index >= 15 is 0 Å². The van der Waals surface area contributed by atoms with E-state index in [1.165, 1.54) is 4.90 Å². The number of benzene rings is 1. The minimum absolute atomic E-state index is 0.0447. The third-order valence-electron chi connectivity index (χ3n) is 8.22. The van der Waals surface area contributed by atoms with Gasteiger partial charge in [-0.25, -0.2) is 4.79 Å². The summed E-state index contributed by atoms with van der Waals surface area (Å²) >= 11 is 0. The number of amides is 3. The number of ether oxygens (including phenoxy) is 2. The zero-order valence-corrected chi connectivity index (χ0v) is 26.8. The molecule has 9 nitrogen and oxygen atoms in total. The molecule has 234 valence electrons. The van der Waals surface area contributed by atoms with Crippen LogP contribution >= 0.6 is 0 Å². The maximum absolute atomic E-state index is 14.8. The number of hydrogen-bond donors (Lipinski definition) is 1. The van der Waals surface area contributed by atoms with Gasteiger partial charge in [-0.15, -0.1) is 0 Å². The summed E-state index contributed by atoms with van der Waals surface area (Å²) in [7, 11) is 1.57. The van der Waals surface area contributed by atoms with Crippen molar-refractivity contribution in [1.82, 2.24) is 15.2 Å². The Morgan fingerprint density at radius 2 is 1.67 bits per heavy atom. The van der Waals surface area contributed by atoms with Crippen LogP contribution < -0.4 is 10.2 Å². The molecule has 3 atom stereocenters. The van der Waals surface area contributed by atoms with Crippen LogP contribution in [0.25, 0.3) is 0 Å². The summed E-state index contributed by atoms with van der Waals surface area (Å²) in [5, 5.41) is 3.24. The predicted octanol–water partition coefficient (Wildman–Crippen LogP) is 5.93.